The summed E-state index contributed by atoms with van der Waals surface area (Å²) in [5.41, 5.74) is -0.873. The van der Waals surface area contributed by atoms with Crippen LogP contribution in [0.3, 0.4) is 0 Å². The lowest BCUT2D eigenvalue weighted by atomic mass is 9.93. The number of pyridine rings is 1. The molecule has 0 N–H and O–H groups in total. The van der Waals surface area contributed by atoms with Gasteiger partial charge in [-0.3, -0.25) is 24.2 Å². The van der Waals surface area contributed by atoms with Gasteiger partial charge in [0.25, 0.3) is 5.91 Å². The summed E-state index contributed by atoms with van der Waals surface area (Å²) in [6.45, 7) is -0.348. The predicted octanol–water partition coefficient (Wildman–Crippen LogP) is 2.17. The van der Waals surface area contributed by atoms with Gasteiger partial charge in [0.15, 0.2) is 26.9 Å². The summed E-state index contributed by atoms with van der Waals surface area (Å²) >= 11 is 0. The van der Waals surface area contributed by atoms with Crippen molar-refractivity contribution in [2.75, 3.05) is 31.9 Å². The minimum Gasteiger partial charge on any atom is -0.436 e. The van der Waals surface area contributed by atoms with Crippen LogP contribution in [0.25, 0.3) is 0 Å². The highest BCUT2D eigenvalue weighted by Gasteiger charge is 2.47. The Hall–Kier alpha value is -4.34. The van der Waals surface area contributed by atoms with Gasteiger partial charge < -0.3 is 14.4 Å². The molecule has 4 heterocycles. The molecule has 15 heteroatoms. The van der Waals surface area contributed by atoms with Gasteiger partial charge in [0.05, 0.1) is 42.6 Å². The van der Waals surface area contributed by atoms with Crippen molar-refractivity contribution in [1.29, 1.82) is 0 Å². The van der Waals surface area contributed by atoms with Gasteiger partial charge in [0.1, 0.15) is 18.5 Å². The fraction of sp³-hybridized carbons (Fsp3) is 0.296. The molecule has 1 aromatic heterocycles. The zero-order chi connectivity index (χ0) is 29.8. The van der Waals surface area contributed by atoms with Crippen LogP contribution in [0.4, 0.5) is 13.6 Å². The number of sulfone groups is 1. The molecule has 42 heavy (non-hydrogen) atoms. The highest BCUT2D eigenvalue weighted by Crippen LogP contribution is 2.43. The number of fused-ring (bicyclic) bond motifs is 4. The van der Waals surface area contributed by atoms with Gasteiger partial charge >= 0.3 is 6.16 Å². The first-order valence-corrected chi connectivity index (χ1v) is 14.4. The third-order valence-corrected chi connectivity index (χ3v) is 9.18. The zero-order valence-corrected chi connectivity index (χ0v) is 22.8. The number of carbonyl (C=O) groups is 2. The summed E-state index contributed by atoms with van der Waals surface area (Å²) in [7, 11) is -3.08. The van der Waals surface area contributed by atoms with Crippen LogP contribution in [0, 0.1) is 11.6 Å². The molecule has 2 atom stereocenters. The molecule has 3 aliphatic rings. The van der Waals surface area contributed by atoms with E-state index in [0.29, 0.717) is 0 Å². The van der Waals surface area contributed by atoms with E-state index in [2.05, 4.69) is 9.62 Å². The largest absolute Gasteiger partial charge is 0.540 e. The van der Waals surface area contributed by atoms with Crippen LogP contribution < -0.4 is 10.4 Å². The number of hydrogen-bond acceptors (Lipinski definition) is 10. The second kappa shape index (κ2) is 10.5. The van der Waals surface area contributed by atoms with Crippen LogP contribution in [0.5, 0.6) is 0 Å². The molecule has 0 aliphatic carbocycles. The number of amides is 1. The third kappa shape index (κ3) is 4.40. The molecule has 0 saturated carbocycles. The topological polar surface area (TPSA) is 134 Å². The monoisotopic (exact) mass is 603 g/mol. The Morgan fingerprint density at radius 1 is 1.10 bits per heavy atom. The van der Waals surface area contributed by atoms with E-state index in [4.69, 9.17) is 9.62 Å². The maximum absolute atomic E-state index is 15.3. The maximum Gasteiger partial charge on any atom is 0.540 e. The van der Waals surface area contributed by atoms with Crippen LogP contribution in [-0.4, -0.2) is 63.1 Å². The van der Waals surface area contributed by atoms with Gasteiger partial charge in [0, 0.05) is 24.4 Å². The molecule has 0 bridgehead atoms. The lowest BCUT2D eigenvalue weighted by molar-refractivity contribution is -0.262. The number of benzene rings is 2. The number of carbonyl (C=O) groups excluding carboxylic acids is 2. The number of ether oxygens (including phenoxy) is 2. The first-order valence-electron chi connectivity index (χ1n) is 12.7. The minimum absolute atomic E-state index is 0.0149. The first kappa shape index (κ1) is 27.8. The number of aromatic nitrogens is 1. The van der Waals surface area contributed by atoms with Crippen molar-refractivity contribution >= 4 is 21.9 Å². The van der Waals surface area contributed by atoms with Gasteiger partial charge in [-0.25, -0.2) is 22.0 Å². The van der Waals surface area contributed by atoms with Crippen LogP contribution in [0.15, 0.2) is 58.4 Å². The molecule has 3 aliphatic heterocycles. The van der Waals surface area contributed by atoms with Crippen LogP contribution in [0.1, 0.15) is 38.8 Å². The average Bonchev–Trinajstić information content (AvgIpc) is 3.08. The molecular weight excluding hydrogens is 580 g/mol. The van der Waals surface area contributed by atoms with E-state index in [-0.39, 0.29) is 52.6 Å². The normalized spacial score (nSPS) is 20.5. The van der Waals surface area contributed by atoms with Gasteiger partial charge in [-0.1, -0.05) is 24.3 Å². The minimum atomic E-state index is -4.14. The van der Waals surface area contributed by atoms with Crippen molar-refractivity contribution in [1.82, 2.24) is 9.58 Å². The molecule has 2 aromatic carbocycles. The number of hydrogen-bond donors (Lipinski definition) is 0. The number of nitrogens with zero attached hydrogens (tertiary/aromatic N) is 3. The Morgan fingerprint density at radius 2 is 1.88 bits per heavy atom. The molecule has 1 fully saturated rings. The quantitative estimate of drug-likeness (QED) is 0.248. The molecule has 1 saturated heterocycles. The zero-order valence-electron chi connectivity index (χ0n) is 22.0. The summed E-state index contributed by atoms with van der Waals surface area (Å²) < 4.78 is 68.3. The average molecular weight is 604 g/mol. The van der Waals surface area contributed by atoms with Crippen molar-refractivity contribution in [3.8, 4) is 0 Å². The third-order valence-electron chi connectivity index (χ3n) is 7.47. The SMILES string of the molecule is COC(=O)OOCc1c2n(ccc1=O)N([C@@H]1c3ccccc3S(=O)(=O)Cc3c1ccc(F)c3F)[C@@H]1COCCN1C2=O. The Labute approximate surface area is 237 Å². The van der Waals surface area contributed by atoms with Crippen molar-refractivity contribution < 1.29 is 46.0 Å². The molecule has 220 valence electrons. The van der Waals surface area contributed by atoms with E-state index in [1.54, 1.807) is 17.1 Å². The molecular formula is C27H23F2N3O9S. The lowest BCUT2D eigenvalue weighted by Crippen LogP contribution is -2.66. The van der Waals surface area contributed by atoms with Gasteiger partial charge in [-0.05, 0) is 23.3 Å². The first-order chi connectivity index (χ1) is 20.1. The summed E-state index contributed by atoms with van der Waals surface area (Å²) in [6, 6.07) is 8.40. The van der Waals surface area contributed by atoms with Crippen molar-refractivity contribution in [2.45, 2.75) is 29.5 Å². The number of halogens is 2. The lowest BCUT2D eigenvalue weighted by Gasteiger charge is -2.51. The second-order valence-corrected chi connectivity index (χ2v) is 11.7. The summed E-state index contributed by atoms with van der Waals surface area (Å²) in [6.07, 6.45) is -0.697. The van der Waals surface area contributed by atoms with E-state index < -0.39 is 63.5 Å². The fourth-order valence-electron chi connectivity index (χ4n) is 5.64. The highest BCUT2D eigenvalue weighted by atomic mass is 32.2. The number of morpholine rings is 1. The van der Waals surface area contributed by atoms with Gasteiger partial charge in [-0.2, -0.15) is 4.89 Å². The summed E-state index contributed by atoms with van der Waals surface area (Å²) in [5.74, 6) is -3.86. The van der Waals surface area contributed by atoms with Crippen molar-refractivity contribution in [3.63, 3.8) is 0 Å². The van der Waals surface area contributed by atoms with Gasteiger partial charge in [-0.15, -0.1) is 0 Å². The molecule has 0 radical (unpaired) electrons. The Kier molecular flexibility index (Phi) is 6.95. The van der Waals surface area contributed by atoms with E-state index in [1.807, 2.05) is 0 Å². The number of methoxy groups -OCH3 is 1. The Morgan fingerprint density at radius 3 is 2.67 bits per heavy atom. The van der Waals surface area contributed by atoms with E-state index >= 15 is 4.39 Å². The van der Waals surface area contributed by atoms with E-state index in [1.165, 1.54) is 34.0 Å². The van der Waals surface area contributed by atoms with Crippen LogP contribution >= 0.6 is 0 Å². The molecule has 6 rings (SSSR count). The van der Waals surface area contributed by atoms with E-state index in [0.717, 1.165) is 19.2 Å². The smallest absolute Gasteiger partial charge is 0.436 e. The standard InChI is InChI=1S/C27H23F2N3O9S/c1-38-27(35)41-40-12-17-20(33)8-9-31-25(17)26(34)30-10-11-39-13-22(30)32(31)24-15-6-7-19(28)23(29)18(15)14-42(36,37)21-5-3-2-4-16(21)24/h2-9,22,24H,10-14H2,1H3/t22-,24+/m1/s1. The molecule has 12 nitrogen and oxygen atoms in total. The van der Waals surface area contributed by atoms with Gasteiger partial charge in [0.2, 0.25) is 0 Å². The fourth-order valence-corrected chi connectivity index (χ4v) is 7.29. The second-order valence-electron chi connectivity index (χ2n) is 9.71. The highest BCUT2D eigenvalue weighted by molar-refractivity contribution is 7.90. The summed E-state index contributed by atoms with van der Waals surface area (Å²) in [5, 5.41) is 1.61. The Bertz CT molecular complexity index is 1780. The van der Waals surface area contributed by atoms with E-state index in [9.17, 15) is 27.2 Å². The molecule has 1 amide bonds. The van der Waals surface area contributed by atoms with Crippen LogP contribution in [-0.2, 0) is 41.4 Å². The Balaban J connectivity index is 1.62. The maximum atomic E-state index is 15.3. The molecule has 0 spiro atoms. The summed E-state index contributed by atoms with van der Waals surface area (Å²) in [4.78, 5) is 49.0. The number of rotatable bonds is 4. The molecule has 0 unspecified atom stereocenters. The van der Waals surface area contributed by atoms with Crippen molar-refractivity contribution in [2.24, 2.45) is 0 Å². The van der Waals surface area contributed by atoms with Crippen LogP contribution in [0.2, 0.25) is 0 Å². The predicted molar refractivity (Wildman–Crippen MR) is 138 cm³/mol. The molecule has 3 aromatic rings. The van der Waals surface area contributed by atoms with Crippen molar-refractivity contribution in [3.05, 3.63) is 98.5 Å².